The van der Waals surface area contributed by atoms with Gasteiger partial charge in [-0.25, -0.2) is 0 Å². The summed E-state index contributed by atoms with van der Waals surface area (Å²) in [5, 5.41) is 5.23. The smallest absolute Gasteiger partial charge is 0.0367 e. The van der Waals surface area contributed by atoms with Crippen LogP contribution in [-0.4, -0.2) is 14.1 Å². The topological polar surface area (TPSA) is 3.24 Å². The molecule has 0 aromatic heterocycles. The van der Waals surface area contributed by atoms with Gasteiger partial charge in [-0.05, 0) is 106 Å². The molecule has 0 spiro atoms. The molecule has 230 valence electrons. The maximum Gasteiger partial charge on any atom is 0.0367 e. The molecule has 0 radical (unpaired) electrons. The van der Waals surface area contributed by atoms with E-state index < -0.39 is 0 Å². The molecule has 1 nitrogen and oxygen atoms in total. The molecule has 1 fully saturated rings. The molecule has 2 aliphatic rings. The van der Waals surface area contributed by atoms with Crippen LogP contribution in [0.25, 0.3) is 49.4 Å². The number of fused-ring (bicyclic) bond motifs is 3. The molecule has 0 aliphatic heterocycles. The minimum Gasteiger partial charge on any atom is -0.378 e. The lowest BCUT2D eigenvalue weighted by Gasteiger charge is -2.32. The van der Waals surface area contributed by atoms with Gasteiger partial charge in [0.05, 0.1) is 0 Å². The Labute approximate surface area is 291 Å². The Morgan fingerprint density at radius 2 is 1.07 bits per heavy atom. The highest BCUT2D eigenvalue weighted by Crippen LogP contribution is 2.44. The van der Waals surface area contributed by atoms with E-state index in [4.69, 9.17) is 0 Å². The summed E-state index contributed by atoms with van der Waals surface area (Å²) in [5.74, 6) is 0.871. The Kier molecular flexibility index (Phi) is 9.47. The molecule has 0 amide bonds. The molecule has 0 bridgehead atoms. The number of hydrogen-bond acceptors (Lipinski definition) is 1. The summed E-state index contributed by atoms with van der Waals surface area (Å²) in [5.41, 5.74) is 13.5. The largest absolute Gasteiger partial charge is 0.378 e. The first-order valence-electron chi connectivity index (χ1n) is 16.2. The number of rotatable bonds is 4. The number of hydrogen-bond donors (Lipinski definition) is 0. The number of benzene rings is 6. The Bertz CT molecular complexity index is 1940. The van der Waals surface area contributed by atoms with Crippen molar-refractivity contribution in [2.24, 2.45) is 5.92 Å². The summed E-state index contributed by atoms with van der Waals surface area (Å²) in [6, 6.07) is 44.1. The minimum absolute atomic E-state index is 0. The van der Waals surface area contributed by atoms with Gasteiger partial charge in [-0.15, -0.1) is 24.0 Å². The van der Waals surface area contributed by atoms with Gasteiger partial charge >= 0.3 is 0 Å². The Hall–Kier alpha value is -4.15. The predicted octanol–water partition coefficient (Wildman–Crippen LogP) is 12.4. The van der Waals surface area contributed by atoms with Crippen molar-refractivity contribution in [1.29, 1.82) is 0 Å². The average Bonchev–Trinajstić information content (AvgIpc) is 3.04. The van der Waals surface area contributed by atoms with Gasteiger partial charge in [0, 0.05) is 19.8 Å². The van der Waals surface area contributed by atoms with Gasteiger partial charge in [0.2, 0.25) is 0 Å². The zero-order chi connectivity index (χ0) is 30.9. The van der Waals surface area contributed by atoms with Crippen molar-refractivity contribution < 1.29 is 0 Å². The van der Waals surface area contributed by atoms with Crippen molar-refractivity contribution in [3.05, 3.63) is 156 Å². The van der Waals surface area contributed by atoms with Crippen LogP contribution in [0.2, 0.25) is 0 Å². The van der Waals surface area contributed by atoms with E-state index in [1.165, 1.54) is 91.0 Å². The SMILES string of the molecule is CN(C)c1cccc(C2=CCC3CCC3=C2)c1.Cc1cccc(-c2c3ccccc3c(-c3cccc(C)c3)c3ccccc23)c1.I. The Morgan fingerprint density at radius 1 is 0.565 bits per heavy atom. The van der Waals surface area contributed by atoms with Crippen LogP contribution in [0.15, 0.2) is 139 Å². The van der Waals surface area contributed by atoms with Crippen LogP contribution in [0.1, 0.15) is 36.0 Å². The maximum atomic E-state index is 2.41. The third kappa shape index (κ3) is 6.28. The molecule has 1 atom stereocenters. The number of allylic oxidation sites excluding steroid dienone is 4. The first-order valence-corrected chi connectivity index (χ1v) is 16.2. The number of anilines is 1. The molecule has 1 saturated carbocycles. The van der Waals surface area contributed by atoms with Crippen LogP contribution >= 0.6 is 24.0 Å². The molecule has 2 aliphatic carbocycles. The predicted molar refractivity (Wildman–Crippen MR) is 211 cm³/mol. The summed E-state index contributed by atoms with van der Waals surface area (Å²) >= 11 is 0. The maximum absolute atomic E-state index is 2.41. The summed E-state index contributed by atoms with van der Waals surface area (Å²) in [4.78, 5) is 2.16. The molecule has 6 aromatic carbocycles. The molecule has 8 rings (SSSR count). The van der Waals surface area contributed by atoms with E-state index in [-0.39, 0.29) is 24.0 Å². The quantitative estimate of drug-likeness (QED) is 0.130. The molecule has 0 saturated heterocycles. The van der Waals surface area contributed by atoms with Crippen molar-refractivity contribution in [3.8, 4) is 22.3 Å². The highest BCUT2D eigenvalue weighted by Gasteiger charge is 2.26. The van der Waals surface area contributed by atoms with E-state index in [1.807, 2.05) is 0 Å². The summed E-state index contributed by atoms with van der Waals surface area (Å²) in [6.07, 6.45) is 8.77. The van der Waals surface area contributed by atoms with Crippen molar-refractivity contribution in [3.63, 3.8) is 0 Å². The van der Waals surface area contributed by atoms with Crippen molar-refractivity contribution in [2.75, 3.05) is 19.0 Å². The fourth-order valence-electron chi connectivity index (χ4n) is 7.02. The van der Waals surface area contributed by atoms with Gasteiger partial charge < -0.3 is 4.90 Å². The first kappa shape index (κ1) is 31.8. The Balaban J connectivity index is 0.000000177. The number of halogens is 1. The standard InChI is InChI=1S/C28H22.C16H19N.HI/c1-19-9-7-11-21(17-19)27-23-13-3-5-15-25(23)28(22-12-8-10-20(2)18-22)26-16-6-4-14-24(26)27;1-17(2)16-5-3-4-13(11-16)15-9-7-12-6-8-14(12)10-15;/h3-18H,1-2H3;3-5,9-12H,6-8H2,1-2H3;1H. The third-order valence-electron chi connectivity index (χ3n) is 9.51. The van der Waals surface area contributed by atoms with Gasteiger partial charge in [0.1, 0.15) is 0 Å². The lowest BCUT2D eigenvalue weighted by Crippen LogP contribution is -2.17. The molecule has 0 heterocycles. The van der Waals surface area contributed by atoms with Crippen molar-refractivity contribution in [1.82, 2.24) is 0 Å². The van der Waals surface area contributed by atoms with E-state index >= 15 is 0 Å². The van der Waals surface area contributed by atoms with Crippen molar-refractivity contribution >= 4 is 56.8 Å². The van der Waals surface area contributed by atoms with Crippen LogP contribution in [-0.2, 0) is 0 Å². The molecule has 1 unspecified atom stereocenters. The van der Waals surface area contributed by atoms with Crippen LogP contribution in [0, 0.1) is 19.8 Å². The molecule has 46 heavy (non-hydrogen) atoms. The summed E-state index contributed by atoms with van der Waals surface area (Å²) < 4.78 is 0. The molecule has 2 heteroatoms. The first-order chi connectivity index (χ1) is 22.0. The zero-order valence-electron chi connectivity index (χ0n) is 27.3. The second kappa shape index (κ2) is 13.7. The van der Waals surface area contributed by atoms with Crippen LogP contribution in [0.3, 0.4) is 0 Å². The molecule has 0 N–H and O–H groups in total. The second-order valence-electron chi connectivity index (χ2n) is 12.9. The average molecular weight is 712 g/mol. The van der Waals surface area contributed by atoms with Gasteiger partial charge in [0.15, 0.2) is 0 Å². The number of aryl methyl sites for hydroxylation is 2. The lowest BCUT2D eigenvalue weighted by atomic mass is 9.73. The molecule has 6 aromatic rings. The van der Waals surface area contributed by atoms with Gasteiger partial charge in [-0.1, -0.05) is 138 Å². The van der Waals surface area contributed by atoms with E-state index in [2.05, 4.69) is 166 Å². The van der Waals surface area contributed by atoms with Gasteiger partial charge in [0.25, 0.3) is 0 Å². The zero-order valence-corrected chi connectivity index (χ0v) is 29.6. The van der Waals surface area contributed by atoms with E-state index in [9.17, 15) is 0 Å². The normalized spacial score (nSPS) is 15.0. The van der Waals surface area contributed by atoms with Gasteiger partial charge in [-0.2, -0.15) is 0 Å². The van der Waals surface area contributed by atoms with E-state index in [0.29, 0.717) is 0 Å². The summed E-state index contributed by atoms with van der Waals surface area (Å²) in [7, 11) is 4.18. The second-order valence-corrected chi connectivity index (χ2v) is 12.9. The third-order valence-corrected chi connectivity index (χ3v) is 9.51. The highest BCUT2D eigenvalue weighted by molar-refractivity contribution is 14.0. The lowest BCUT2D eigenvalue weighted by molar-refractivity contribution is 0.445. The monoisotopic (exact) mass is 711 g/mol. The van der Waals surface area contributed by atoms with Crippen molar-refractivity contribution in [2.45, 2.75) is 33.1 Å². The minimum atomic E-state index is 0. The van der Waals surface area contributed by atoms with Crippen LogP contribution in [0.4, 0.5) is 5.69 Å². The van der Waals surface area contributed by atoms with Crippen LogP contribution < -0.4 is 4.90 Å². The Morgan fingerprint density at radius 3 is 1.50 bits per heavy atom. The van der Waals surface area contributed by atoms with E-state index in [0.717, 1.165) is 5.92 Å². The number of nitrogens with zero attached hydrogens (tertiary/aromatic N) is 1. The fourth-order valence-corrected chi connectivity index (χ4v) is 7.02. The summed E-state index contributed by atoms with van der Waals surface area (Å²) in [6.45, 7) is 4.32. The van der Waals surface area contributed by atoms with Crippen LogP contribution in [0.5, 0.6) is 0 Å². The van der Waals surface area contributed by atoms with Gasteiger partial charge in [-0.3, -0.25) is 0 Å². The fraction of sp³-hybridized carbons (Fsp3) is 0.182. The highest BCUT2D eigenvalue weighted by atomic mass is 127. The molecular weight excluding hydrogens is 669 g/mol. The van der Waals surface area contributed by atoms with E-state index in [1.54, 1.807) is 5.57 Å². The molecular formula is C44H42IN.